The molecular formula is C11H21N3S. The number of hydrogen-bond acceptors (Lipinski definition) is 4. The lowest BCUT2D eigenvalue weighted by Gasteiger charge is -2.16. The van der Waals surface area contributed by atoms with Gasteiger partial charge in [-0.3, -0.25) is 0 Å². The van der Waals surface area contributed by atoms with E-state index < -0.39 is 0 Å². The molecule has 0 aliphatic heterocycles. The summed E-state index contributed by atoms with van der Waals surface area (Å²) in [7, 11) is 1.98. The summed E-state index contributed by atoms with van der Waals surface area (Å²) in [5, 5.41) is 4.38. The maximum Gasteiger partial charge on any atom is 0.147 e. The highest BCUT2D eigenvalue weighted by Gasteiger charge is 2.23. The fraction of sp³-hybridized carbons (Fsp3) is 0.818. The Kier molecular flexibility index (Phi) is 3.84. The van der Waals surface area contributed by atoms with Crippen molar-refractivity contribution in [2.45, 2.75) is 52.0 Å². The molecule has 15 heavy (non-hydrogen) atoms. The first-order valence-corrected chi connectivity index (χ1v) is 6.15. The number of nitrogens with zero attached hydrogens (tertiary/aromatic N) is 2. The van der Waals surface area contributed by atoms with Crippen molar-refractivity contribution in [1.82, 2.24) is 14.7 Å². The van der Waals surface area contributed by atoms with Crippen LogP contribution in [-0.2, 0) is 5.41 Å². The summed E-state index contributed by atoms with van der Waals surface area (Å²) in [5.41, 5.74) is 0.0529. The Labute approximate surface area is 96.5 Å². The molecule has 1 rings (SSSR count). The Morgan fingerprint density at radius 2 is 1.87 bits per heavy atom. The highest BCUT2D eigenvalue weighted by atomic mass is 32.1. The van der Waals surface area contributed by atoms with Gasteiger partial charge in [0.1, 0.15) is 10.8 Å². The lowest BCUT2D eigenvalue weighted by molar-refractivity contribution is 0.512. The lowest BCUT2D eigenvalue weighted by Crippen LogP contribution is -2.27. The van der Waals surface area contributed by atoms with Gasteiger partial charge in [0.05, 0.1) is 0 Å². The molecule has 0 aliphatic rings. The third-order valence-electron chi connectivity index (χ3n) is 2.71. The van der Waals surface area contributed by atoms with Gasteiger partial charge in [-0.15, -0.1) is 0 Å². The van der Waals surface area contributed by atoms with Crippen LogP contribution in [0.5, 0.6) is 0 Å². The topological polar surface area (TPSA) is 37.8 Å². The zero-order valence-electron chi connectivity index (χ0n) is 10.5. The number of nitrogens with one attached hydrogen (secondary N) is 1. The molecule has 2 atom stereocenters. The summed E-state index contributed by atoms with van der Waals surface area (Å²) < 4.78 is 4.43. The maximum atomic E-state index is 4.62. The molecule has 0 bridgehead atoms. The molecule has 1 N–H and O–H groups in total. The zero-order chi connectivity index (χ0) is 11.6. The van der Waals surface area contributed by atoms with Crippen LogP contribution in [0.1, 0.15) is 51.4 Å². The molecule has 3 nitrogen and oxygen atoms in total. The van der Waals surface area contributed by atoms with Gasteiger partial charge in [-0.1, -0.05) is 27.7 Å². The van der Waals surface area contributed by atoms with Crippen molar-refractivity contribution >= 4 is 11.5 Å². The lowest BCUT2D eigenvalue weighted by atomic mass is 9.96. The van der Waals surface area contributed by atoms with Gasteiger partial charge < -0.3 is 5.32 Å². The summed E-state index contributed by atoms with van der Waals surface area (Å²) in [5.74, 6) is 1.38. The average Bonchev–Trinajstić information content (AvgIpc) is 2.63. The average molecular weight is 227 g/mol. The molecule has 0 saturated heterocycles. The van der Waals surface area contributed by atoms with Crippen LogP contribution in [0.25, 0.3) is 0 Å². The molecular weight excluding hydrogens is 206 g/mol. The Morgan fingerprint density at radius 1 is 1.27 bits per heavy atom. The van der Waals surface area contributed by atoms with Crippen molar-refractivity contribution in [3.63, 3.8) is 0 Å². The minimum absolute atomic E-state index is 0.0529. The second-order valence-electron chi connectivity index (χ2n) is 5.07. The van der Waals surface area contributed by atoms with Crippen molar-refractivity contribution in [1.29, 1.82) is 0 Å². The highest BCUT2D eigenvalue weighted by molar-refractivity contribution is 7.05. The minimum atomic E-state index is 0.0529. The molecule has 0 aliphatic carbocycles. The summed E-state index contributed by atoms with van der Waals surface area (Å²) in [4.78, 5) is 4.62. The number of likely N-dealkylation sites (N-methyl/N-ethyl adjacent to an activating group) is 1. The third kappa shape index (κ3) is 2.98. The smallest absolute Gasteiger partial charge is 0.147 e. The Morgan fingerprint density at radius 3 is 2.27 bits per heavy atom. The van der Waals surface area contributed by atoms with Crippen LogP contribution in [0.2, 0.25) is 0 Å². The van der Waals surface area contributed by atoms with Crippen molar-refractivity contribution in [3.05, 3.63) is 10.8 Å². The Bertz CT molecular complexity index is 314. The van der Waals surface area contributed by atoms with E-state index in [-0.39, 0.29) is 5.41 Å². The summed E-state index contributed by atoms with van der Waals surface area (Å²) in [6, 6.07) is 0.436. The van der Waals surface area contributed by atoms with E-state index >= 15 is 0 Å². The molecule has 86 valence electrons. The molecule has 0 aromatic carbocycles. The van der Waals surface area contributed by atoms with E-state index in [1.807, 2.05) is 7.05 Å². The molecule has 1 aromatic rings. The zero-order valence-corrected chi connectivity index (χ0v) is 11.3. The molecule has 0 saturated carbocycles. The first-order valence-electron chi connectivity index (χ1n) is 5.37. The van der Waals surface area contributed by atoms with Crippen molar-refractivity contribution in [3.8, 4) is 0 Å². The second-order valence-corrected chi connectivity index (χ2v) is 5.86. The van der Waals surface area contributed by atoms with Crippen molar-refractivity contribution in [2.24, 2.45) is 0 Å². The van der Waals surface area contributed by atoms with E-state index in [1.54, 1.807) is 0 Å². The molecule has 0 fully saturated rings. The standard InChI is InChI=1S/C11H21N3S/c1-7(8(2)12-6)9-13-10(14-15-9)11(3,4)5/h7-8,12H,1-6H3. The summed E-state index contributed by atoms with van der Waals surface area (Å²) in [6.45, 7) is 10.8. The van der Waals surface area contributed by atoms with Gasteiger partial charge in [-0.05, 0) is 25.5 Å². The van der Waals surface area contributed by atoms with Crippen LogP contribution in [0.4, 0.5) is 0 Å². The van der Waals surface area contributed by atoms with Crippen LogP contribution in [0, 0.1) is 0 Å². The Hall–Kier alpha value is -0.480. The molecule has 1 aromatic heterocycles. The number of rotatable bonds is 3. The summed E-state index contributed by atoms with van der Waals surface area (Å²) in [6.07, 6.45) is 0. The normalized spacial score (nSPS) is 16.4. The fourth-order valence-electron chi connectivity index (χ4n) is 1.19. The Balaban J connectivity index is 2.85. The van der Waals surface area contributed by atoms with Crippen LogP contribution in [0.15, 0.2) is 0 Å². The first kappa shape index (κ1) is 12.6. The van der Waals surface area contributed by atoms with Crippen LogP contribution >= 0.6 is 11.5 Å². The van der Waals surface area contributed by atoms with Gasteiger partial charge in [0, 0.05) is 17.4 Å². The van der Waals surface area contributed by atoms with E-state index in [4.69, 9.17) is 0 Å². The van der Waals surface area contributed by atoms with E-state index in [0.29, 0.717) is 12.0 Å². The van der Waals surface area contributed by atoms with E-state index in [1.165, 1.54) is 11.5 Å². The quantitative estimate of drug-likeness (QED) is 0.862. The first-order chi connectivity index (χ1) is 6.86. The van der Waals surface area contributed by atoms with E-state index in [9.17, 15) is 0 Å². The molecule has 1 heterocycles. The van der Waals surface area contributed by atoms with E-state index in [2.05, 4.69) is 49.3 Å². The molecule has 4 heteroatoms. The van der Waals surface area contributed by atoms with Crippen molar-refractivity contribution < 1.29 is 0 Å². The van der Waals surface area contributed by atoms with Crippen LogP contribution in [0.3, 0.4) is 0 Å². The largest absolute Gasteiger partial charge is 0.317 e. The summed E-state index contributed by atoms with van der Waals surface area (Å²) >= 11 is 1.53. The van der Waals surface area contributed by atoms with Crippen molar-refractivity contribution in [2.75, 3.05) is 7.05 Å². The maximum absolute atomic E-state index is 4.62. The highest BCUT2D eigenvalue weighted by Crippen LogP contribution is 2.26. The van der Waals surface area contributed by atoms with Crippen LogP contribution < -0.4 is 5.32 Å². The molecule has 0 amide bonds. The minimum Gasteiger partial charge on any atom is -0.317 e. The predicted octanol–water partition coefficient (Wildman–Crippen LogP) is 2.55. The molecule has 2 unspecified atom stereocenters. The number of aromatic nitrogens is 2. The van der Waals surface area contributed by atoms with E-state index in [0.717, 1.165) is 10.8 Å². The van der Waals surface area contributed by atoms with Gasteiger partial charge in [-0.25, -0.2) is 4.98 Å². The van der Waals surface area contributed by atoms with Gasteiger partial charge in [0.25, 0.3) is 0 Å². The van der Waals surface area contributed by atoms with Gasteiger partial charge in [-0.2, -0.15) is 4.37 Å². The molecule has 0 radical (unpaired) electrons. The fourth-order valence-corrected chi connectivity index (χ4v) is 2.18. The van der Waals surface area contributed by atoms with Gasteiger partial charge >= 0.3 is 0 Å². The predicted molar refractivity (Wildman–Crippen MR) is 65.5 cm³/mol. The third-order valence-corrected chi connectivity index (χ3v) is 3.62. The second kappa shape index (κ2) is 4.58. The monoisotopic (exact) mass is 227 g/mol. The van der Waals surface area contributed by atoms with Crippen LogP contribution in [-0.4, -0.2) is 22.4 Å². The van der Waals surface area contributed by atoms with Gasteiger partial charge in [0.2, 0.25) is 0 Å². The molecule has 0 spiro atoms. The SMILES string of the molecule is CNC(C)C(C)c1nc(C(C)(C)C)ns1. The number of hydrogen-bond donors (Lipinski definition) is 1. The van der Waals surface area contributed by atoms with Gasteiger partial charge in [0.15, 0.2) is 0 Å².